The summed E-state index contributed by atoms with van der Waals surface area (Å²) in [5, 5.41) is 0.359. The van der Waals surface area contributed by atoms with Gasteiger partial charge in [-0.05, 0) is 12.1 Å². The number of ether oxygens (including phenoxy) is 1. The molecule has 4 heteroatoms. The third-order valence-electron chi connectivity index (χ3n) is 2.11. The van der Waals surface area contributed by atoms with E-state index >= 15 is 0 Å². The van der Waals surface area contributed by atoms with Gasteiger partial charge in [-0.2, -0.15) is 0 Å². The van der Waals surface area contributed by atoms with Gasteiger partial charge in [0, 0.05) is 23.0 Å². The summed E-state index contributed by atoms with van der Waals surface area (Å²) in [7, 11) is 0. The number of hydrogen-bond acceptors (Lipinski definition) is 2. The molecule has 0 saturated heterocycles. The van der Waals surface area contributed by atoms with Crippen molar-refractivity contribution in [2.45, 2.75) is 12.5 Å². The number of halogens is 2. The van der Waals surface area contributed by atoms with Crippen molar-refractivity contribution >= 4 is 11.6 Å². The van der Waals surface area contributed by atoms with E-state index in [0.29, 0.717) is 23.6 Å². The third-order valence-corrected chi connectivity index (χ3v) is 2.33. The predicted molar refractivity (Wildman–Crippen MR) is 48.5 cm³/mol. The van der Waals surface area contributed by atoms with Gasteiger partial charge in [0.25, 0.3) is 0 Å². The average Bonchev–Trinajstić information content (AvgIpc) is 2.07. The Morgan fingerprint density at radius 2 is 2.31 bits per heavy atom. The topological polar surface area (TPSA) is 35.2 Å². The van der Waals surface area contributed by atoms with Crippen LogP contribution < -0.4 is 10.5 Å². The minimum Gasteiger partial charge on any atom is -0.490 e. The van der Waals surface area contributed by atoms with Crippen LogP contribution in [0.25, 0.3) is 0 Å². The largest absolute Gasteiger partial charge is 0.490 e. The molecule has 1 aromatic carbocycles. The van der Waals surface area contributed by atoms with Gasteiger partial charge in [0.15, 0.2) is 11.6 Å². The van der Waals surface area contributed by atoms with Crippen molar-refractivity contribution in [3.8, 4) is 5.75 Å². The molecule has 0 unspecified atom stereocenters. The molecule has 0 amide bonds. The monoisotopic (exact) mass is 201 g/mol. The van der Waals surface area contributed by atoms with Crippen LogP contribution in [-0.4, -0.2) is 6.61 Å². The van der Waals surface area contributed by atoms with Gasteiger partial charge in [0.05, 0.1) is 6.61 Å². The van der Waals surface area contributed by atoms with Crippen molar-refractivity contribution in [1.29, 1.82) is 0 Å². The van der Waals surface area contributed by atoms with E-state index < -0.39 is 5.82 Å². The second-order valence-electron chi connectivity index (χ2n) is 3.05. The molecule has 1 aromatic rings. The van der Waals surface area contributed by atoms with Gasteiger partial charge in [-0.1, -0.05) is 11.6 Å². The van der Waals surface area contributed by atoms with Crippen LogP contribution in [0, 0.1) is 5.82 Å². The highest BCUT2D eigenvalue weighted by atomic mass is 35.5. The standard InChI is InChI=1S/C9H9ClFNO/c10-5-3-6-8(12)1-2-13-9(6)7(11)4-5/h3-4,8H,1-2,12H2/t8-/m0/s1. The van der Waals surface area contributed by atoms with Crippen LogP contribution in [-0.2, 0) is 0 Å². The maximum atomic E-state index is 13.2. The van der Waals surface area contributed by atoms with Gasteiger partial charge in [-0.3, -0.25) is 0 Å². The van der Waals surface area contributed by atoms with E-state index in [4.69, 9.17) is 22.1 Å². The summed E-state index contributed by atoms with van der Waals surface area (Å²) in [5.74, 6) is -0.180. The Hall–Kier alpha value is -0.800. The summed E-state index contributed by atoms with van der Waals surface area (Å²) in [6.07, 6.45) is 0.701. The number of hydrogen-bond donors (Lipinski definition) is 1. The first-order valence-corrected chi connectivity index (χ1v) is 4.43. The number of fused-ring (bicyclic) bond motifs is 1. The van der Waals surface area contributed by atoms with E-state index in [2.05, 4.69) is 0 Å². The molecule has 2 N–H and O–H groups in total. The SMILES string of the molecule is N[C@H]1CCOc2c(F)cc(Cl)cc21. The van der Waals surface area contributed by atoms with Crippen molar-refractivity contribution in [2.75, 3.05) is 6.61 Å². The lowest BCUT2D eigenvalue weighted by Gasteiger charge is -2.23. The summed E-state index contributed by atoms with van der Waals surface area (Å²) < 4.78 is 18.4. The van der Waals surface area contributed by atoms with Crippen molar-refractivity contribution in [2.24, 2.45) is 5.73 Å². The second kappa shape index (κ2) is 3.16. The molecule has 1 aliphatic rings. The van der Waals surface area contributed by atoms with E-state index in [1.54, 1.807) is 6.07 Å². The van der Waals surface area contributed by atoms with Crippen molar-refractivity contribution in [1.82, 2.24) is 0 Å². The van der Waals surface area contributed by atoms with Crippen LogP contribution in [0.2, 0.25) is 5.02 Å². The molecular formula is C9H9ClFNO. The van der Waals surface area contributed by atoms with Gasteiger partial charge in [0.2, 0.25) is 0 Å². The molecule has 0 spiro atoms. The molecule has 1 aliphatic heterocycles. The first kappa shape index (κ1) is 8.78. The van der Waals surface area contributed by atoms with Gasteiger partial charge in [-0.15, -0.1) is 0 Å². The molecule has 0 bridgehead atoms. The predicted octanol–water partition coefficient (Wildman–Crippen LogP) is 2.26. The maximum absolute atomic E-state index is 13.2. The Balaban J connectivity index is 2.56. The average molecular weight is 202 g/mol. The lowest BCUT2D eigenvalue weighted by molar-refractivity contribution is 0.255. The summed E-state index contributed by atoms with van der Waals surface area (Å²) in [4.78, 5) is 0. The normalized spacial score (nSPS) is 20.7. The molecule has 0 fully saturated rings. The second-order valence-corrected chi connectivity index (χ2v) is 3.49. The van der Waals surface area contributed by atoms with Gasteiger partial charge >= 0.3 is 0 Å². The van der Waals surface area contributed by atoms with Crippen LogP contribution in [0.4, 0.5) is 4.39 Å². The van der Waals surface area contributed by atoms with Crippen LogP contribution >= 0.6 is 11.6 Å². The highest BCUT2D eigenvalue weighted by molar-refractivity contribution is 6.30. The minimum atomic E-state index is -0.433. The highest BCUT2D eigenvalue weighted by Gasteiger charge is 2.21. The molecule has 0 radical (unpaired) electrons. The quantitative estimate of drug-likeness (QED) is 0.699. The molecule has 2 nitrogen and oxygen atoms in total. The molecule has 1 atom stereocenters. The van der Waals surface area contributed by atoms with E-state index in [9.17, 15) is 4.39 Å². The van der Waals surface area contributed by atoms with E-state index in [1.807, 2.05) is 0 Å². The molecule has 70 valence electrons. The lowest BCUT2D eigenvalue weighted by atomic mass is 10.0. The first-order valence-electron chi connectivity index (χ1n) is 4.06. The van der Waals surface area contributed by atoms with Crippen LogP contribution in [0.15, 0.2) is 12.1 Å². The highest BCUT2D eigenvalue weighted by Crippen LogP contribution is 2.35. The summed E-state index contributed by atoms with van der Waals surface area (Å²) in [5.41, 5.74) is 6.44. The van der Waals surface area contributed by atoms with Crippen molar-refractivity contribution in [3.05, 3.63) is 28.5 Å². The van der Waals surface area contributed by atoms with E-state index in [-0.39, 0.29) is 11.8 Å². The fourth-order valence-electron chi connectivity index (χ4n) is 1.45. The summed E-state index contributed by atoms with van der Waals surface area (Å²) in [6, 6.07) is 2.72. The van der Waals surface area contributed by atoms with Crippen LogP contribution in [0.1, 0.15) is 18.0 Å². The number of nitrogens with two attached hydrogens (primary N) is 1. The summed E-state index contributed by atoms with van der Waals surface area (Å²) in [6.45, 7) is 0.465. The fraction of sp³-hybridized carbons (Fsp3) is 0.333. The Morgan fingerprint density at radius 1 is 1.54 bits per heavy atom. The molecule has 0 aliphatic carbocycles. The molecule has 13 heavy (non-hydrogen) atoms. The third kappa shape index (κ3) is 1.49. The lowest BCUT2D eigenvalue weighted by Crippen LogP contribution is -2.21. The number of rotatable bonds is 0. The zero-order valence-corrected chi connectivity index (χ0v) is 7.64. The molecule has 2 rings (SSSR count). The Kier molecular flexibility index (Phi) is 2.14. The first-order chi connectivity index (χ1) is 6.18. The number of benzene rings is 1. The van der Waals surface area contributed by atoms with Crippen molar-refractivity contribution < 1.29 is 9.13 Å². The molecule has 1 heterocycles. The zero-order valence-electron chi connectivity index (χ0n) is 6.89. The van der Waals surface area contributed by atoms with Crippen LogP contribution in [0.3, 0.4) is 0 Å². The molecule has 0 aromatic heterocycles. The molecule has 0 saturated carbocycles. The summed E-state index contributed by atoms with van der Waals surface area (Å²) >= 11 is 5.70. The van der Waals surface area contributed by atoms with Crippen LogP contribution in [0.5, 0.6) is 5.75 Å². The molecular weight excluding hydrogens is 193 g/mol. The Labute approximate surface area is 80.4 Å². The van der Waals surface area contributed by atoms with Gasteiger partial charge in [0.1, 0.15) is 0 Å². The van der Waals surface area contributed by atoms with E-state index in [1.165, 1.54) is 6.07 Å². The zero-order chi connectivity index (χ0) is 9.42. The maximum Gasteiger partial charge on any atom is 0.166 e. The smallest absolute Gasteiger partial charge is 0.166 e. The van der Waals surface area contributed by atoms with Gasteiger partial charge < -0.3 is 10.5 Å². The van der Waals surface area contributed by atoms with Crippen molar-refractivity contribution in [3.63, 3.8) is 0 Å². The Bertz CT molecular complexity index is 343. The minimum absolute atomic E-state index is 0.169. The van der Waals surface area contributed by atoms with E-state index in [0.717, 1.165) is 0 Å². The fourth-order valence-corrected chi connectivity index (χ4v) is 1.66. The Morgan fingerprint density at radius 3 is 3.08 bits per heavy atom. The van der Waals surface area contributed by atoms with Gasteiger partial charge in [-0.25, -0.2) is 4.39 Å².